The van der Waals surface area contributed by atoms with E-state index in [2.05, 4.69) is 15.9 Å². The molecule has 0 spiro atoms. The van der Waals surface area contributed by atoms with E-state index >= 15 is 0 Å². The summed E-state index contributed by atoms with van der Waals surface area (Å²) in [4.78, 5) is 11.5. The van der Waals surface area contributed by atoms with Crippen LogP contribution < -0.4 is 0 Å². The minimum Gasteiger partial charge on any atom is -0.459 e. The van der Waals surface area contributed by atoms with E-state index in [1.807, 2.05) is 0 Å². The van der Waals surface area contributed by atoms with E-state index < -0.39 is 22.2 Å². The highest BCUT2D eigenvalue weighted by Crippen LogP contribution is 2.30. The first-order valence-electron chi connectivity index (χ1n) is 8.11. The lowest BCUT2D eigenvalue weighted by atomic mass is 10.0. The zero-order valence-electron chi connectivity index (χ0n) is 14.3. The molecule has 1 unspecified atom stereocenters. The summed E-state index contributed by atoms with van der Waals surface area (Å²) in [6, 6.07) is 4.38. The number of carbonyl (C=O) groups excluding carboxylic acids is 1. The Hall–Kier alpha value is -0.980. The van der Waals surface area contributed by atoms with Crippen molar-refractivity contribution < 1.29 is 23.4 Å². The third-order valence-electron chi connectivity index (χ3n) is 3.64. The van der Waals surface area contributed by atoms with Gasteiger partial charge in [-0.15, -0.1) is 0 Å². The summed E-state index contributed by atoms with van der Waals surface area (Å²) < 4.78 is 30.3. The number of hydrogen-bond donors (Lipinski definition) is 0. The molecule has 0 aromatic heterocycles. The van der Waals surface area contributed by atoms with Gasteiger partial charge in [0.1, 0.15) is 16.2 Å². The molecule has 1 atom stereocenters. The highest BCUT2D eigenvalue weighted by Gasteiger charge is 2.27. The number of ether oxygens (including phenoxy) is 3. The van der Waals surface area contributed by atoms with Crippen LogP contribution in [0.5, 0.6) is 0 Å². The summed E-state index contributed by atoms with van der Waals surface area (Å²) in [7, 11) is 0. The number of esters is 1. The average Bonchev–Trinajstić information content (AvgIpc) is 2.52. The van der Waals surface area contributed by atoms with Crippen molar-refractivity contribution in [1.29, 1.82) is 0 Å². The first-order chi connectivity index (χ1) is 11.3. The van der Waals surface area contributed by atoms with Crippen molar-refractivity contribution in [1.82, 2.24) is 0 Å². The minimum atomic E-state index is -0.735. The largest absolute Gasteiger partial charge is 0.459 e. The lowest BCUT2D eigenvalue weighted by Crippen LogP contribution is -2.26. The number of carbonyl (C=O) groups is 1. The van der Waals surface area contributed by atoms with Gasteiger partial charge < -0.3 is 14.2 Å². The van der Waals surface area contributed by atoms with Gasteiger partial charge in [-0.25, -0.2) is 4.39 Å². The van der Waals surface area contributed by atoms with E-state index in [0.29, 0.717) is 25.4 Å². The first-order valence-corrected chi connectivity index (χ1v) is 9.02. The number of benzene rings is 1. The molecule has 1 saturated heterocycles. The summed E-state index contributed by atoms with van der Waals surface area (Å²) in [5.41, 5.74) is 0.710. The summed E-state index contributed by atoms with van der Waals surface area (Å²) in [6.45, 7) is 7.10. The van der Waals surface area contributed by atoms with E-state index in [4.69, 9.17) is 14.2 Å². The summed E-state index contributed by atoms with van der Waals surface area (Å²) in [5, 5.41) is 0. The quantitative estimate of drug-likeness (QED) is 0.543. The van der Waals surface area contributed by atoms with Crippen molar-refractivity contribution in [3.05, 3.63) is 35.1 Å². The molecule has 1 aromatic rings. The van der Waals surface area contributed by atoms with Crippen LogP contribution >= 0.6 is 15.9 Å². The first kappa shape index (κ1) is 19.3. The van der Waals surface area contributed by atoms with Crippen LogP contribution in [0.1, 0.15) is 49.6 Å². The molecule has 0 radical (unpaired) electrons. The van der Waals surface area contributed by atoms with Gasteiger partial charge in [0.05, 0.1) is 12.7 Å². The second kappa shape index (κ2) is 8.41. The van der Waals surface area contributed by atoms with Gasteiger partial charge in [-0.2, -0.15) is 0 Å². The molecule has 0 aliphatic carbocycles. The Morgan fingerprint density at radius 1 is 1.38 bits per heavy atom. The lowest BCUT2D eigenvalue weighted by Gasteiger charge is -2.24. The minimum absolute atomic E-state index is 0.131. The molecule has 1 aromatic carbocycles. The standard InChI is InChI=1S/C18H24BrFO4/c1-18(2,3)24-17(21)16(19)15-10-13(20)5-4-12(15)11-23-14-6-8-22-9-7-14/h4-5,10,14,16H,6-9,11H2,1-3H3. The van der Waals surface area contributed by atoms with Crippen molar-refractivity contribution in [3.8, 4) is 0 Å². The van der Waals surface area contributed by atoms with Crippen molar-refractivity contribution in [3.63, 3.8) is 0 Å². The normalized spacial score (nSPS) is 17.5. The van der Waals surface area contributed by atoms with Crippen molar-refractivity contribution in [2.75, 3.05) is 13.2 Å². The Bertz CT molecular complexity index is 565. The summed E-state index contributed by atoms with van der Waals surface area (Å²) >= 11 is 3.34. The third-order valence-corrected chi connectivity index (χ3v) is 4.50. The van der Waals surface area contributed by atoms with Gasteiger partial charge in [0.2, 0.25) is 0 Å². The highest BCUT2D eigenvalue weighted by atomic mass is 79.9. The fraction of sp³-hybridized carbons (Fsp3) is 0.611. The zero-order chi connectivity index (χ0) is 17.7. The Kier molecular flexibility index (Phi) is 6.78. The number of halogens is 2. The molecule has 4 nitrogen and oxygen atoms in total. The van der Waals surface area contributed by atoms with Gasteiger partial charge in [0.25, 0.3) is 0 Å². The van der Waals surface area contributed by atoms with Crippen LogP contribution in [-0.4, -0.2) is 30.9 Å². The van der Waals surface area contributed by atoms with Gasteiger partial charge in [-0.1, -0.05) is 22.0 Å². The maximum absolute atomic E-state index is 13.7. The second-order valence-corrected chi connectivity index (χ2v) is 7.78. The molecular weight excluding hydrogens is 379 g/mol. The maximum Gasteiger partial charge on any atom is 0.324 e. The van der Waals surface area contributed by atoms with Crippen molar-refractivity contribution >= 4 is 21.9 Å². The van der Waals surface area contributed by atoms with E-state index in [1.54, 1.807) is 26.8 Å². The van der Waals surface area contributed by atoms with Gasteiger partial charge >= 0.3 is 5.97 Å². The predicted molar refractivity (Wildman–Crippen MR) is 92.5 cm³/mol. The smallest absolute Gasteiger partial charge is 0.324 e. The second-order valence-electron chi connectivity index (χ2n) is 6.86. The molecule has 1 aliphatic heterocycles. The van der Waals surface area contributed by atoms with Crippen LogP contribution in [0, 0.1) is 5.82 Å². The molecule has 2 rings (SSSR count). The van der Waals surface area contributed by atoms with Gasteiger partial charge in [0.15, 0.2) is 0 Å². The van der Waals surface area contributed by atoms with Crippen LogP contribution in [0.2, 0.25) is 0 Å². The molecule has 134 valence electrons. The van der Waals surface area contributed by atoms with E-state index in [-0.39, 0.29) is 6.10 Å². The third kappa shape index (κ3) is 5.83. The summed E-state index contributed by atoms with van der Waals surface area (Å²) in [5.74, 6) is -0.840. The molecule has 1 aliphatic rings. The number of rotatable bonds is 5. The Labute approximate surface area is 150 Å². The molecule has 0 amide bonds. The van der Waals surface area contributed by atoms with Crippen LogP contribution in [0.25, 0.3) is 0 Å². The van der Waals surface area contributed by atoms with E-state index in [0.717, 1.165) is 18.4 Å². The Morgan fingerprint density at radius 2 is 2.04 bits per heavy atom. The van der Waals surface area contributed by atoms with Crippen LogP contribution in [-0.2, 0) is 25.6 Å². The predicted octanol–water partition coefficient (Wildman–Crippen LogP) is 4.30. The lowest BCUT2D eigenvalue weighted by molar-refractivity contribution is -0.154. The number of hydrogen-bond acceptors (Lipinski definition) is 4. The highest BCUT2D eigenvalue weighted by molar-refractivity contribution is 9.09. The molecule has 0 saturated carbocycles. The van der Waals surface area contributed by atoms with Crippen LogP contribution in [0.15, 0.2) is 18.2 Å². The average molecular weight is 403 g/mol. The molecular formula is C18H24BrFO4. The SMILES string of the molecule is CC(C)(C)OC(=O)C(Br)c1cc(F)ccc1COC1CCOCC1. The molecule has 24 heavy (non-hydrogen) atoms. The summed E-state index contributed by atoms with van der Waals surface area (Å²) in [6.07, 6.45) is 1.83. The van der Waals surface area contributed by atoms with E-state index in [1.165, 1.54) is 12.1 Å². The molecule has 0 N–H and O–H groups in total. The fourth-order valence-electron chi connectivity index (χ4n) is 2.46. The fourth-order valence-corrected chi connectivity index (χ4v) is 2.98. The van der Waals surface area contributed by atoms with Crippen LogP contribution in [0.3, 0.4) is 0 Å². The maximum atomic E-state index is 13.7. The topological polar surface area (TPSA) is 44.8 Å². The molecule has 1 heterocycles. The molecule has 1 fully saturated rings. The zero-order valence-corrected chi connectivity index (χ0v) is 15.9. The molecule has 6 heteroatoms. The monoisotopic (exact) mass is 402 g/mol. The number of alkyl halides is 1. The van der Waals surface area contributed by atoms with Gasteiger partial charge in [-0.05, 0) is 56.9 Å². The Morgan fingerprint density at radius 3 is 2.67 bits per heavy atom. The van der Waals surface area contributed by atoms with Crippen molar-refractivity contribution in [2.45, 2.75) is 56.8 Å². The van der Waals surface area contributed by atoms with Crippen molar-refractivity contribution in [2.24, 2.45) is 0 Å². The van der Waals surface area contributed by atoms with Gasteiger partial charge in [0, 0.05) is 13.2 Å². The van der Waals surface area contributed by atoms with Crippen LogP contribution in [0.4, 0.5) is 4.39 Å². The molecule has 0 bridgehead atoms. The van der Waals surface area contributed by atoms with E-state index in [9.17, 15) is 9.18 Å². The Balaban J connectivity index is 2.09. The van der Waals surface area contributed by atoms with Gasteiger partial charge in [-0.3, -0.25) is 4.79 Å².